The lowest BCUT2D eigenvalue weighted by molar-refractivity contribution is -0.387. The topological polar surface area (TPSA) is 125 Å². The minimum absolute atomic E-state index is 0.0179. The van der Waals surface area contributed by atoms with Crippen LogP contribution in [0.4, 0.5) is 17.1 Å². The van der Waals surface area contributed by atoms with Gasteiger partial charge < -0.3 is 10.5 Å². The number of nitrogens with two attached hydrogens (primary N) is 1. The second-order valence-electron chi connectivity index (χ2n) is 4.55. The largest absolute Gasteiger partial charge is 0.497 e. The Morgan fingerprint density at radius 3 is 2.29 bits per heavy atom. The zero-order valence-electron chi connectivity index (χ0n) is 12.1. The van der Waals surface area contributed by atoms with Crippen molar-refractivity contribution in [2.24, 2.45) is 0 Å². The number of methoxy groups -OCH3 is 1. The summed E-state index contributed by atoms with van der Waals surface area (Å²) in [5.74, 6) is 0.152. The quantitative estimate of drug-likeness (QED) is 0.457. The third-order valence-electron chi connectivity index (χ3n) is 2.98. The number of nitrogens with zero attached hydrogens (tertiary/aromatic N) is 1. The number of nitrogens with one attached hydrogen (secondary N) is 1. The van der Waals surface area contributed by atoms with E-state index in [1.807, 2.05) is 0 Å². The molecule has 0 aliphatic carbocycles. The van der Waals surface area contributed by atoms with Crippen LogP contribution in [0.1, 0.15) is 0 Å². The fourth-order valence-corrected chi connectivity index (χ4v) is 3.53. The molecule has 128 valence electrons. The third kappa shape index (κ3) is 3.64. The summed E-state index contributed by atoms with van der Waals surface area (Å²) in [7, 11) is -2.96. The predicted molar refractivity (Wildman–Crippen MR) is 91.3 cm³/mol. The molecule has 0 heterocycles. The van der Waals surface area contributed by atoms with Crippen LogP contribution in [-0.4, -0.2) is 20.5 Å². The van der Waals surface area contributed by atoms with Gasteiger partial charge in [0.15, 0.2) is 4.90 Å². The second kappa shape index (κ2) is 6.71. The number of sulfonamides is 1. The molecule has 0 saturated heterocycles. The van der Waals surface area contributed by atoms with Crippen LogP contribution in [-0.2, 0) is 10.0 Å². The van der Waals surface area contributed by atoms with Gasteiger partial charge in [0.25, 0.3) is 15.7 Å². The summed E-state index contributed by atoms with van der Waals surface area (Å²) in [6.07, 6.45) is 0. The highest BCUT2D eigenvalue weighted by Gasteiger charge is 2.27. The first kappa shape index (κ1) is 18.1. The summed E-state index contributed by atoms with van der Waals surface area (Å²) in [6, 6.07) is 5.87. The van der Waals surface area contributed by atoms with E-state index in [0.717, 1.165) is 12.1 Å². The summed E-state index contributed by atoms with van der Waals surface area (Å²) in [5, 5.41) is 11.2. The first-order valence-electron chi connectivity index (χ1n) is 6.25. The van der Waals surface area contributed by atoms with Crippen LogP contribution in [0.15, 0.2) is 35.2 Å². The smallest absolute Gasteiger partial charge is 0.293 e. The van der Waals surface area contributed by atoms with Crippen molar-refractivity contribution in [2.75, 3.05) is 17.6 Å². The molecule has 11 heteroatoms. The van der Waals surface area contributed by atoms with Crippen molar-refractivity contribution in [3.8, 4) is 5.75 Å². The Labute approximate surface area is 147 Å². The summed E-state index contributed by atoms with van der Waals surface area (Å²) in [5.41, 5.74) is 5.06. The van der Waals surface area contributed by atoms with Crippen molar-refractivity contribution in [1.82, 2.24) is 0 Å². The second-order valence-corrected chi connectivity index (χ2v) is 7.02. The van der Waals surface area contributed by atoms with Crippen molar-refractivity contribution in [3.63, 3.8) is 0 Å². The Bertz CT molecular complexity index is 895. The molecule has 0 fully saturated rings. The van der Waals surface area contributed by atoms with E-state index in [9.17, 15) is 18.5 Å². The molecule has 0 spiro atoms. The van der Waals surface area contributed by atoms with Crippen LogP contribution in [0.25, 0.3) is 0 Å². The molecule has 0 aromatic heterocycles. The molecule has 8 nitrogen and oxygen atoms in total. The van der Waals surface area contributed by atoms with Crippen LogP contribution in [0.3, 0.4) is 0 Å². The van der Waals surface area contributed by atoms with Crippen LogP contribution < -0.4 is 15.2 Å². The zero-order chi connectivity index (χ0) is 18.1. The van der Waals surface area contributed by atoms with Gasteiger partial charge in [-0.1, -0.05) is 23.2 Å². The SMILES string of the molecule is COc1ccc(S(=O)(=O)Nc2cc(Cl)c(N)c(Cl)c2)c([N+](=O)[O-])c1. The van der Waals surface area contributed by atoms with Gasteiger partial charge in [-0.3, -0.25) is 14.8 Å². The Kier molecular flexibility index (Phi) is 5.07. The monoisotopic (exact) mass is 391 g/mol. The Morgan fingerprint density at radius 1 is 1.21 bits per heavy atom. The van der Waals surface area contributed by atoms with Gasteiger partial charge >= 0.3 is 0 Å². The maximum Gasteiger partial charge on any atom is 0.293 e. The molecule has 2 aromatic rings. The molecular weight excluding hydrogens is 381 g/mol. The number of nitro benzene ring substituents is 1. The van der Waals surface area contributed by atoms with Gasteiger partial charge in [0, 0.05) is 0 Å². The third-order valence-corrected chi connectivity index (χ3v) is 5.04. The van der Waals surface area contributed by atoms with E-state index < -0.39 is 25.5 Å². The maximum absolute atomic E-state index is 12.5. The number of nitrogen functional groups attached to an aromatic ring is 1. The molecule has 0 saturated carbocycles. The van der Waals surface area contributed by atoms with Crippen LogP contribution in [0.2, 0.25) is 10.0 Å². The maximum atomic E-state index is 12.5. The number of nitro groups is 1. The number of benzene rings is 2. The van der Waals surface area contributed by atoms with Crippen molar-refractivity contribution in [2.45, 2.75) is 4.90 Å². The Morgan fingerprint density at radius 2 is 1.79 bits per heavy atom. The number of ether oxygens (including phenoxy) is 1. The standard InChI is InChI=1S/C13H11Cl2N3O5S/c1-23-8-2-3-12(11(6-8)18(19)20)24(21,22)17-7-4-9(14)13(16)10(15)5-7/h2-6,17H,16H2,1H3. The number of halogens is 2. The first-order valence-corrected chi connectivity index (χ1v) is 8.49. The Balaban J connectivity index is 2.50. The molecule has 0 aliphatic rings. The molecule has 0 unspecified atom stereocenters. The van der Waals surface area contributed by atoms with Gasteiger partial charge in [-0.25, -0.2) is 8.42 Å². The highest BCUT2D eigenvalue weighted by Crippen LogP contribution is 2.34. The van der Waals surface area contributed by atoms with Crippen molar-refractivity contribution < 1.29 is 18.1 Å². The van der Waals surface area contributed by atoms with Crippen LogP contribution >= 0.6 is 23.2 Å². The van der Waals surface area contributed by atoms with Gasteiger partial charge in [0.1, 0.15) is 5.75 Å². The normalized spacial score (nSPS) is 11.1. The van der Waals surface area contributed by atoms with E-state index >= 15 is 0 Å². The molecule has 0 aliphatic heterocycles. The van der Waals surface area contributed by atoms with E-state index in [1.54, 1.807) is 0 Å². The number of hydrogen-bond acceptors (Lipinski definition) is 6. The fraction of sp³-hybridized carbons (Fsp3) is 0.0769. The molecule has 0 atom stereocenters. The summed E-state index contributed by atoms with van der Waals surface area (Å²) in [6.45, 7) is 0. The highest BCUT2D eigenvalue weighted by atomic mass is 35.5. The average Bonchev–Trinajstić information content (AvgIpc) is 2.51. The minimum Gasteiger partial charge on any atom is -0.497 e. The molecule has 0 radical (unpaired) electrons. The fourth-order valence-electron chi connectivity index (χ4n) is 1.85. The summed E-state index contributed by atoms with van der Waals surface area (Å²) >= 11 is 11.7. The highest BCUT2D eigenvalue weighted by molar-refractivity contribution is 7.92. The van der Waals surface area contributed by atoms with E-state index in [4.69, 9.17) is 33.7 Å². The molecular formula is C13H11Cl2N3O5S. The molecule has 0 bridgehead atoms. The van der Waals surface area contributed by atoms with Gasteiger partial charge in [0.05, 0.1) is 39.5 Å². The lowest BCUT2D eigenvalue weighted by atomic mass is 10.3. The van der Waals surface area contributed by atoms with Gasteiger partial charge in [0.2, 0.25) is 0 Å². The molecule has 3 N–H and O–H groups in total. The number of hydrogen-bond donors (Lipinski definition) is 2. The summed E-state index contributed by atoms with van der Waals surface area (Å²) in [4.78, 5) is 9.79. The van der Waals surface area contributed by atoms with Crippen molar-refractivity contribution in [1.29, 1.82) is 0 Å². The molecule has 2 rings (SSSR count). The van der Waals surface area contributed by atoms with Crippen LogP contribution in [0, 0.1) is 10.1 Å². The Hall–Kier alpha value is -2.23. The van der Waals surface area contributed by atoms with Gasteiger partial charge in [-0.15, -0.1) is 0 Å². The van der Waals surface area contributed by atoms with Crippen LogP contribution in [0.5, 0.6) is 5.75 Å². The number of rotatable bonds is 5. The molecule has 0 amide bonds. The van der Waals surface area contributed by atoms with Gasteiger partial charge in [-0.2, -0.15) is 0 Å². The van der Waals surface area contributed by atoms with E-state index in [0.29, 0.717) is 0 Å². The average molecular weight is 392 g/mol. The predicted octanol–water partition coefficient (Wildman–Crippen LogP) is 3.29. The minimum atomic E-state index is -4.27. The van der Waals surface area contributed by atoms with Crippen molar-refractivity contribution in [3.05, 3.63) is 50.5 Å². The summed E-state index contributed by atoms with van der Waals surface area (Å²) < 4.78 is 32.0. The lowest BCUT2D eigenvalue weighted by Gasteiger charge is -2.11. The molecule has 2 aromatic carbocycles. The lowest BCUT2D eigenvalue weighted by Crippen LogP contribution is -2.15. The van der Waals surface area contributed by atoms with E-state index in [-0.39, 0.29) is 27.2 Å². The first-order chi connectivity index (χ1) is 11.2. The zero-order valence-corrected chi connectivity index (χ0v) is 14.4. The van der Waals surface area contributed by atoms with Crippen molar-refractivity contribution >= 4 is 50.3 Å². The molecule has 24 heavy (non-hydrogen) atoms. The van der Waals surface area contributed by atoms with E-state index in [1.165, 1.54) is 25.3 Å². The van der Waals surface area contributed by atoms with Gasteiger partial charge in [-0.05, 0) is 24.3 Å². The van der Waals surface area contributed by atoms with E-state index in [2.05, 4.69) is 4.72 Å². The number of anilines is 2.